The Morgan fingerprint density at radius 1 is 1.28 bits per heavy atom. The molecule has 2 rings (SSSR count). The van der Waals surface area contributed by atoms with Gasteiger partial charge >= 0.3 is 0 Å². The van der Waals surface area contributed by atoms with Gasteiger partial charge in [0.2, 0.25) is 0 Å². The molecule has 1 aromatic carbocycles. The van der Waals surface area contributed by atoms with E-state index in [0.29, 0.717) is 12.5 Å². The highest BCUT2D eigenvalue weighted by atomic mass is 32.1. The Kier molecular flexibility index (Phi) is 4.50. The summed E-state index contributed by atoms with van der Waals surface area (Å²) in [6, 6.07) is 8.67. The summed E-state index contributed by atoms with van der Waals surface area (Å²) in [6.45, 7) is 4.89. The van der Waals surface area contributed by atoms with Crippen LogP contribution in [0.2, 0.25) is 0 Å². The molecular weight excluding hydrogens is 240 g/mol. The van der Waals surface area contributed by atoms with E-state index in [4.69, 9.17) is 5.73 Å². The predicted octanol–water partition coefficient (Wildman–Crippen LogP) is 3.12. The molecule has 96 valence electrons. The van der Waals surface area contributed by atoms with Crippen LogP contribution in [0.3, 0.4) is 0 Å². The maximum Gasteiger partial charge on any atom is 0.0897 e. The van der Waals surface area contributed by atoms with Crippen LogP contribution < -0.4 is 5.73 Å². The molecule has 1 aromatic heterocycles. The summed E-state index contributed by atoms with van der Waals surface area (Å²) in [5, 5.41) is 3.28. The lowest BCUT2D eigenvalue weighted by molar-refractivity contribution is 0.527. The highest BCUT2D eigenvalue weighted by Crippen LogP contribution is 2.16. The molecule has 1 heterocycles. The van der Waals surface area contributed by atoms with Crippen molar-refractivity contribution >= 4 is 11.3 Å². The quantitative estimate of drug-likeness (QED) is 0.897. The van der Waals surface area contributed by atoms with Gasteiger partial charge in [-0.15, -0.1) is 11.3 Å². The number of nitrogens with zero attached hydrogens (tertiary/aromatic N) is 1. The van der Waals surface area contributed by atoms with Gasteiger partial charge < -0.3 is 5.73 Å². The van der Waals surface area contributed by atoms with Crippen molar-refractivity contribution in [2.24, 2.45) is 11.7 Å². The molecule has 0 bridgehead atoms. The number of rotatable bonds is 5. The minimum Gasteiger partial charge on any atom is -0.330 e. The number of aryl methyl sites for hydroxylation is 2. The molecule has 0 aliphatic heterocycles. The monoisotopic (exact) mass is 260 g/mol. The Morgan fingerprint density at radius 3 is 2.72 bits per heavy atom. The zero-order valence-corrected chi connectivity index (χ0v) is 11.8. The van der Waals surface area contributed by atoms with Crippen LogP contribution in [0.25, 0.3) is 0 Å². The van der Waals surface area contributed by atoms with E-state index in [2.05, 4.69) is 41.6 Å². The first-order valence-corrected chi connectivity index (χ1v) is 7.22. The van der Waals surface area contributed by atoms with Gasteiger partial charge in [-0.05, 0) is 44.7 Å². The molecule has 1 unspecified atom stereocenters. The van der Waals surface area contributed by atoms with Crippen molar-refractivity contribution in [1.82, 2.24) is 4.98 Å². The van der Waals surface area contributed by atoms with Gasteiger partial charge in [0.05, 0.1) is 10.7 Å². The minimum absolute atomic E-state index is 0.480. The largest absolute Gasteiger partial charge is 0.330 e. The van der Waals surface area contributed by atoms with Crippen LogP contribution in [0.4, 0.5) is 0 Å². The topological polar surface area (TPSA) is 38.9 Å². The summed E-state index contributed by atoms with van der Waals surface area (Å²) in [5.74, 6) is 0.480. The predicted molar refractivity (Wildman–Crippen MR) is 78.0 cm³/mol. The van der Waals surface area contributed by atoms with Crippen LogP contribution in [0.1, 0.15) is 21.8 Å². The maximum absolute atomic E-state index is 5.89. The highest BCUT2D eigenvalue weighted by Gasteiger charge is 2.11. The lowest BCUT2D eigenvalue weighted by Gasteiger charge is -2.13. The smallest absolute Gasteiger partial charge is 0.0897 e. The fourth-order valence-corrected chi connectivity index (χ4v) is 2.83. The SMILES string of the molecule is Cc1cccc(CC(CN)Cc2csc(C)n2)c1. The van der Waals surface area contributed by atoms with Gasteiger partial charge in [0.1, 0.15) is 0 Å². The Morgan fingerprint density at radius 2 is 2.11 bits per heavy atom. The molecule has 0 aliphatic rings. The number of thiazole rings is 1. The fourth-order valence-electron chi connectivity index (χ4n) is 2.21. The van der Waals surface area contributed by atoms with Gasteiger partial charge in [-0.3, -0.25) is 0 Å². The van der Waals surface area contributed by atoms with Crippen LogP contribution in [0.5, 0.6) is 0 Å². The average molecular weight is 260 g/mol. The summed E-state index contributed by atoms with van der Waals surface area (Å²) in [5.41, 5.74) is 9.76. The van der Waals surface area contributed by atoms with Crippen LogP contribution in [0.15, 0.2) is 29.6 Å². The molecule has 2 nitrogen and oxygen atoms in total. The first-order chi connectivity index (χ1) is 8.67. The molecule has 0 saturated heterocycles. The molecule has 0 amide bonds. The second-order valence-electron chi connectivity index (χ2n) is 4.86. The molecule has 3 heteroatoms. The van der Waals surface area contributed by atoms with Crippen molar-refractivity contribution < 1.29 is 0 Å². The Labute approximate surface area is 113 Å². The van der Waals surface area contributed by atoms with E-state index >= 15 is 0 Å². The van der Waals surface area contributed by atoms with Gasteiger partial charge in [0.25, 0.3) is 0 Å². The third-order valence-corrected chi connectivity index (χ3v) is 3.93. The normalized spacial score (nSPS) is 12.6. The van der Waals surface area contributed by atoms with E-state index < -0.39 is 0 Å². The van der Waals surface area contributed by atoms with Crippen molar-refractivity contribution in [3.63, 3.8) is 0 Å². The Bertz CT molecular complexity index is 505. The molecule has 0 aliphatic carbocycles. The van der Waals surface area contributed by atoms with Crippen LogP contribution >= 0.6 is 11.3 Å². The van der Waals surface area contributed by atoms with E-state index in [1.807, 2.05) is 6.92 Å². The van der Waals surface area contributed by atoms with E-state index in [1.165, 1.54) is 16.8 Å². The molecule has 0 fully saturated rings. The second-order valence-corrected chi connectivity index (χ2v) is 5.92. The molecule has 18 heavy (non-hydrogen) atoms. The molecule has 0 saturated carbocycles. The summed E-state index contributed by atoms with van der Waals surface area (Å²) in [6.07, 6.45) is 2.02. The van der Waals surface area contributed by atoms with E-state index in [9.17, 15) is 0 Å². The Balaban J connectivity index is 2.01. The number of nitrogens with two attached hydrogens (primary N) is 1. The maximum atomic E-state index is 5.89. The van der Waals surface area contributed by atoms with Gasteiger partial charge in [-0.25, -0.2) is 4.98 Å². The Hall–Kier alpha value is -1.19. The number of aromatic nitrogens is 1. The number of hydrogen-bond acceptors (Lipinski definition) is 3. The van der Waals surface area contributed by atoms with E-state index in [0.717, 1.165) is 17.8 Å². The molecule has 2 N–H and O–H groups in total. The van der Waals surface area contributed by atoms with Crippen molar-refractivity contribution in [3.8, 4) is 0 Å². The number of hydrogen-bond donors (Lipinski definition) is 1. The van der Waals surface area contributed by atoms with Crippen LogP contribution in [-0.4, -0.2) is 11.5 Å². The second kappa shape index (κ2) is 6.12. The summed E-state index contributed by atoms with van der Waals surface area (Å²) < 4.78 is 0. The van der Waals surface area contributed by atoms with Crippen molar-refractivity contribution in [1.29, 1.82) is 0 Å². The molecule has 0 radical (unpaired) electrons. The van der Waals surface area contributed by atoms with Gasteiger partial charge in [-0.1, -0.05) is 29.8 Å². The summed E-state index contributed by atoms with van der Waals surface area (Å²) in [4.78, 5) is 4.52. The van der Waals surface area contributed by atoms with E-state index in [-0.39, 0.29) is 0 Å². The molecule has 0 spiro atoms. The van der Waals surface area contributed by atoms with Gasteiger partial charge in [-0.2, -0.15) is 0 Å². The van der Waals surface area contributed by atoms with Gasteiger partial charge in [0.15, 0.2) is 0 Å². The highest BCUT2D eigenvalue weighted by molar-refractivity contribution is 7.09. The first-order valence-electron chi connectivity index (χ1n) is 6.34. The third-order valence-electron chi connectivity index (χ3n) is 3.10. The zero-order valence-electron chi connectivity index (χ0n) is 11.0. The van der Waals surface area contributed by atoms with Gasteiger partial charge in [0, 0.05) is 5.38 Å². The molecule has 1 atom stereocenters. The lowest BCUT2D eigenvalue weighted by atomic mass is 9.94. The average Bonchev–Trinajstić information content (AvgIpc) is 2.74. The third kappa shape index (κ3) is 3.65. The van der Waals surface area contributed by atoms with Crippen LogP contribution in [0, 0.1) is 19.8 Å². The molecule has 2 aromatic rings. The molecular formula is C15H20N2S. The van der Waals surface area contributed by atoms with Crippen molar-refractivity contribution in [2.45, 2.75) is 26.7 Å². The fraction of sp³-hybridized carbons (Fsp3) is 0.400. The summed E-state index contributed by atoms with van der Waals surface area (Å²) >= 11 is 1.71. The summed E-state index contributed by atoms with van der Waals surface area (Å²) in [7, 11) is 0. The van der Waals surface area contributed by atoms with Crippen molar-refractivity contribution in [2.75, 3.05) is 6.54 Å². The minimum atomic E-state index is 0.480. The standard InChI is InChI=1S/C15H20N2S/c1-11-4-3-5-13(6-11)7-14(9-16)8-15-10-18-12(2)17-15/h3-6,10,14H,7-9,16H2,1-2H3. The zero-order chi connectivity index (χ0) is 13.0. The lowest BCUT2D eigenvalue weighted by Crippen LogP contribution is -2.19. The van der Waals surface area contributed by atoms with E-state index in [1.54, 1.807) is 11.3 Å². The number of benzene rings is 1. The van der Waals surface area contributed by atoms with Crippen molar-refractivity contribution in [3.05, 3.63) is 51.5 Å². The first kappa shape index (κ1) is 13.2. The van der Waals surface area contributed by atoms with Crippen LogP contribution in [-0.2, 0) is 12.8 Å².